The van der Waals surface area contributed by atoms with Crippen LogP contribution in [-0.4, -0.2) is 46.2 Å². The van der Waals surface area contributed by atoms with Crippen LogP contribution in [0.1, 0.15) is 34.3 Å². The monoisotopic (exact) mass is 628 g/mol. The molecule has 5 rings (SSSR count). The SMILES string of the molecule is N#Cc1cnc2[nH]cc(C(=O)c3ccc(Oc4ccccc4I)cc3Cl)c2c1N[C@@H]1CC[C@@H](CO)OC1. The summed E-state index contributed by atoms with van der Waals surface area (Å²) in [7, 11) is 0. The number of rotatable bonds is 7. The van der Waals surface area contributed by atoms with Gasteiger partial charge in [0, 0.05) is 30.1 Å². The van der Waals surface area contributed by atoms with Gasteiger partial charge >= 0.3 is 0 Å². The molecule has 1 fully saturated rings. The first-order valence-electron chi connectivity index (χ1n) is 11.6. The molecule has 10 heteroatoms. The average Bonchev–Trinajstić information content (AvgIpc) is 3.35. The van der Waals surface area contributed by atoms with E-state index in [9.17, 15) is 15.2 Å². The van der Waals surface area contributed by atoms with Crippen molar-refractivity contribution in [2.24, 2.45) is 0 Å². The molecule has 0 aliphatic carbocycles. The van der Waals surface area contributed by atoms with Crippen molar-refractivity contribution in [3.63, 3.8) is 0 Å². The van der Waals surface area contributed by atoms with Crippen molar-refractivity contribution >= 4 is 56.7 Å². The average molecular weight is 629 g/mol. The third kappa shape index (κ3) is 5.29. The number of aliphatic hydroxyl groups is 1. The van der Waals surface area contributed by atoms with Gasteiger partial charge in [0.15, 0.2) is 5.78 Å². The minimum absolute atomic E-state index is 0.0265. The summed E-state index contributed by atoms with van der Waals surface area (Å²) in [5, 5.41) is 23.2. The highest BCUT2D eigenvalue weighted by molar-refractivity contribution is 14.1. The van der Waals surface area contributed by atoms with Crippen molar-refractivity contribution in [3.8, 4) is 17.6 Å². The van der Waals surface area contributed by atoms with Crippen LogP contribution >= 0.6 is 34.2 Å². The van der Waals surface area contributed by atoms with Crippen molar-refractivity contribution in [1.82, 2.24) is 9.97 Å². The molecule has 188 valence electrons. The lowest BCUT2D eigenvalue weighted by Crippen LogP contribution is -2.36. The zero-order valence-corrected chi connectivity index (χ0v) is 22.4. The largest absolute Gasteiger partial charge is 0.456 e. The van der Waals surface area contributed by atoms with Gasteiger partial charge in [0.05, 0.1) is 50.1 Å². The van der Waals surface area contributed by atoms with E-state index < -0.39 is 0 Å². The number of pyridine rings is 1. The number of H-pyrrole nitrogens is 1. The van der Waals surface area contributed by atoms with Gasteiger partial charge in [0.1, 0.15) is 23.2 Å². The van der Waals surface area contributed by atoms with Gasteiger partial charge in [-0.15, -0.1) is 0 Å². The summed E-state index contributed by atoms with van der Waals surface area (Å²) in [4.78, 5) is 21.0. The second-order valence-corrected chi connectivity index (χ2v) is 10.2. The first-order valence-corrected chi connectivity index (χ1v) is 13.1. The number of aliphatic hydroxyl groups excluding tert-OH is 1. The molecule has 3 heterocycles. The Morgan fingerprint density at radius 2 is 2.14 bits per heavy atom. The number of nitriles is 1. The zero-order valence-electron chi connectivity index (χ0n) is 19.5. The number of halogens is 2. The predicted octanol–water partition coefficient (Wildman–Crippen LogP) is 5.67. The molecule has 37 heavy (non-hydrogen) atoms. The molecule has 0 bridgehead atoms. The van der Waals surface area contributed by atoms with Crippen LogP contribution in [0.25, 0.3) is 11.0 Å². The van der Waals surface area contributed by atoms with Gasteiger partial charge in [-0.1, -0.05) is 23.7 Å². The highest BCUT2D eigenvalue weighted by atomic mass is 127. The van der Waals surface area contributed by atoms with Gasteiger partial charge in [-0.25, -0.2) is 4.98 Å². The lowest BCUT2D eigenvalue weighted by molar-refractivity contribution is -0.0223. The number of ketones is 1. The maximum absolute atomic E-state index is 13.7. The van der Waals surface area contributed by atoms with Gasteiger partial charge in [-0.05, 0) is 59.7 Å². The van der Waals surface area contributed by atoms with Gasteiger partial charge in [-0.3, -0.25) is 4.79 Å². The number of hydrogen-bond donors (Lipinski definition) is 3. The van der Waals surface area contributed by atoms with E-state index in [0.29, 0.717) is 57.9 Å². The van der Waals surface area contributed by atoms with E-state index in [4.69, 9.17) is 21.1 Å². The van der Waals surface area contributed by atoms with E-state index in [1.165, 1.54) is 6.20 Å². The Labute approximate surface area is 231 Å². The molecule has 0 unspecified atom stereocenters. The van der Waals surface area contributed by atoms with E-state index in [1.54, 1.807) is 24.4 Å². The molecule has 1 aliphatic heterocycles. The zero-order chi connectivity index (χ0) is 25.9. The number of nitrogens with one attached hydrogen (secondary N) is 2. The first-order chi connectivity index (χ1) is 18.0. The Bertz CT molecular complexity index is 1510. The van der Waals surface area contributed by atoms with Crippen molar-refractivity contribution in [2.75, 3.05) is 18.5 Å². The van der Waals surface area contributed by atoms with Crippen LogP contribution in [0, 0.1) is 14.9 Å². The van der Waals surface area contributed by atoms with Crippen LogP contribution in [0.15, 0.2) is 54.9 Å². The number of hydrogen-bond acceptors (Lipinski definition) is 7. The van der Waals surface area contributed by atoms with E-state index in [2.05, 4.69) is 43.9 Å². The number of fused-ring (bicyclic) bond motifs is 1. The van der Waals surface area contributed by atoms with E-state index >= 15 is 0 Å². The summed E-state index contributed by atoms with van der Waals surface area (Å²) >= 11 is 8.74. The molecule has 2 aromatic heterocycles. The smallest absolute Gasteiger partial charge is 0.196 e. The first kappa shape index (κ1) is 25.5. The summed E-state index contributed by atoms with van der Waals surface area (Å²) < 4.78 is 12.6. The molecular formula is C27H22ClIN4O4. The maximum atomic E-state index is 13.7. The second kappa shape index (κ2) is 11.1. The fraction of sp³-hybridized carbons (Fsp3) is 0.222. The quantitative estimate of drug-likeness (QED) is 0.178. The number of benzene rings is 2. The van der Waals surface area contributed by atoms with Gasteiger partial charge < -0.3 is 24.9 Å². The fourth-order valence-electron chi connectivity index (χ4n) is 4.32. The second-order valence-electron chi connectivity index (χ2n) is 8.64. The summed E-state index contributed by atoms with van der Waals surface area (Å²) in [6.45, 7) is 0.350. The third-order valence-corrected chi connectivity index (χ3v) is 7.44. The molecule has 2 aromatic carbocycles. The Hall–Kier alpha value is -3.17. The lowest BCUT2D eigenvalue weighted by Gasteiger charge is -2.29. The fourth-order valence-corrected chi connectivity index (χ4v) is 5.07. The normalized spacial score (nSPS) is 17.4. The molecule has 1 aliphatic rings. The molecule has 8 nitrogen and oxygen atoms in total. The van der Waals surface area contributed by atoms with Crippen LogP contribution in [0.2, 0.25) is 5.02 Å². The molecule has 0 radical (unpaired) electrons. The van der Waals surface area contributed by atoms with Gasteiger partial charge in [0.25, 0.3) is 0 Å². The Morgan fingerprint density at radius 3 is 2.84 bits per heavy atom. The third-order valence-electron chi connectivity index (χ3n) is 6.24. The molecular weight excluding hydrogens is 607 g/mol. The lowest BCUT2D eigenvalue weighted by atomic mass is 10.00. The van der Waals surface area contributed by atoms with Crippen LogP contribution in [0.5, 0.6) is 11.5 Å². The van der Waals surface area contributed by atoms with E-state index in [0.717, 1.165) is 9.99 Å². The number of nitrogens with zero attached hydrogens (tertiary/aromatic N) is 2. The number of aromatic nitrogens is 2. The van der Waals surface area contributed by atoms with Crippen LogP contribution in [0.4, 0.5) is 5.69 Å². The number of carbonyl (C=O) groups excluding carboxylic acids is 1. The predicted molar refractivity (Wildman–Crippen MR) is 148 cm³/mol. The minimum atomic E-state index is -0.308. The molecule has 2 atom stereocenters. The maximum Gasteiger partial charge on any atom is 0.196 e. The summed E-state index contributed by atoms with van der Waals surface area (Å²) in [6, 6.07) is 14.6. The number of anilines is 1. The number of para-hydroxylation sites is 1. The van der Waals surface area contributed by atoms with Crippen molar-refractivity contribution in [3.05, 3.63) is 80.1 Å². The van der Waals surface area contributed by atoms with Crippen LogP contribution in [-0.2, 0) is 4.74 Å². The highest BCUT2D eigenvalue weighted by Crippen LogP contribution is 2.35. The summed E-state index contributed by atoms with van der Waals surface area (Å²) in [6.07, 6.45) is 4.31. The molecule has 4 aromatic rings. The Kier molecular flexibility index (Phi) is 7.62. The molecule has 0 spiro atoms. The Balaban J connectivity index is 1.47. The summed E-state index contributed by atoms with van der Waals surface area (Å²) in [5.41, 5.74) is 1.96. The van der Waals surface area contributed by atoms with E-state index in [-0.39, 0.29) is 29.6 Å². The number of aromatic amines is 1. The van der Waals surface area contributed by atoms with Gasteiger partial charge in [-0.2, -0.15) is 5.26 Å². The molecule has 1 saturated heterocycles. The van der Waals surface area contributed by atoms with Crippen LogP contribution < -0.4 is 10.1 Å². The number of carbonyl (C=O) groups is 1. The molecule has 0 amide bonds. The Morgan fingerprint density at radius 1 is 1.30 bits per heavy atom. The van der Waals surface area contributed by atoms with Gasteiger partial charge in [0.2, 0.25) is 0 Å². The van der Waals surface area contributed by atoms with Crippen molar-refractivity contribution in [1.29, 1.82) is 5.26 Å². The van der Waals surface area contributed by atoms with E-state index in [1.807, 2.05) is 24.3 Å². The highest BCUT2D eigenvalue weighted by Gasteiger charge is 2.26. The summed E-state index contributed by atoms with van der Waals surface area (Å²) in [5.74, 6) is 0.897. The van der Waals surface area contributed by atoms with Crippen LogP contribution in [0.3, 0.4) is 0 Å². The van der Waals surface area contributed by atoms with Crippen molar-refractivity contribution < 1.29 is 19.4 Å². The minimum Gasteiger partial charge on any atom is -0.456 e. The molecule has 0 saturated carbocycles. The van der Waals surface area contributed by atoms with Crippen molar-refractivity contribution in [2.45, 2.75) is 25.0 Å². The molecule has 3 N–H and O–H groups in total. The topological polar surface area (TPSA) is 120 Å². The standard InChI is InChI=1S/C27H22ClIN4O4/c28-21-9-17(37-23-4-2-1-3-22(23)29)7-8-19(21)26(35)20-12-32-27-24(20)25(15(10-30)11-31-27)33-16-5-6-18(13-34)36-14-16/h1-4,7-9,11-12,16,18,34H,5-6,13-14H2,(H2,31,32,33)/t16-,18+/m1/s1. The number of ether oxygens (including phenoxy) is 2.